The third-order valence-corrected chi connectivity index (χ3v) is 2.61. The Bertz CT molecular complexity index is 257. The van der Waals surface area contributed by atoms with Crippen molar-refractivity contribution in [1.82, 2.24) is 4.90 Å². The van der Waals surface area contributed by atoms with E-state index in [-0.39, 0.29) is 0 Å². The molecule has 0 aromatic heterocycles. The molecule has 0 heterocycles. The molecule has 15 heavy (non-hydrogen) atoms. The molecule has 0 N–H and O–H groups in total. The molecule has 0 radical (unpaired) electrons. The summed E-state index contributed by atoms with van der Waals surface area (Å²) in [4.78, 5) is 2.53. The standard InChI is InChI=1S/C14H23N/c1-4-10-15(11-5-2)12-14-8-6-13(3)7-9-14/h6-9H,4-5,10-12H2,1-3H3. The third-order valence-electron chi connectivity index (χ3n) is 2.61. The summed E-state index contributed by atoms with van der Waals surface area (Å²) in [6.45, 7) is 10.2. The second kappa shape index (κ2) is 6.62. The van der Waals surface area contributed by atoms with Gasteiger partial charge in [0, 0.05) is 6.54 Å². The maximum Gasteiger partial charge on any atom is 0.0233 e. The Labute approximate surface area is 94.1 Å². The first-order valence-corrected chi connectivity index (χ1v) is 6.04. The zero-order valence-electron chi connectivity index (χ0n) is 10.3. The first-order valence-electron chi connectivity index (χ1n) is 6.04. The molecule has 0 fully saturated rings. The molecule has 1 rings (SSSR count). The fourth-order valence-corrected chi connectivity index (χ4v) is 1.85. The van der Waals surface area contributed by atoms with Gasteiger partial charge in [-0.25, -0.2) is 0 Å². The number of aryl methyl sites for hydroxylation is 1. The first-order chi connectivity index (χ1) is 7.26. The lowest BCUT2D eigenvalue weighted by atomic mass is 10.1. The van der Waals surface area contributed by atoms with Gasteiger partial charge in [0.15, 0.2) is 0 Å². The summed E-state index contributed by atoms with van der Waals surface area (Å²) in [5.41, 5.74) is 2.78. The van der Waals surface area contributed by atoms with Crippen LogP contribution in [0.4, 0.5) is 0 Å². The molecule has 1 aromatic carbocycles. The number of benzene rings is 1. The Morgan fingerprint density at radius 3 is 1.93 bits per heavy atom. The Balaban J connectivity index is 2.53. The van der Waals surface area contributed by atoms with Crippen LogP contribution < -0.4 is 0 Å². The summed E-state index contributed by atoms with van der Waals surface area (Å²) in [5, 5.41) is 0. The number of hydrogen-bond acceptors (Lipinski definition) is 1. The highest BCUT2D eigenvalue weighted by Gasteiger charge is 2.03. The minimum atomic E-state index is 1.10. The molecular weight excluding hydrogens is 182 g/mol. The van der Waals surface area contributed by atoms with E-state index in [1.807, 2.05) is 0 Å². The van der Waals surface area contributed by atoms with Gasteiger partial charge in [-0.2, -0.15) is 0 Å². The molecule has 0 spiro atoms. The molecule has 1 nitrogen and oxygen atoms in total. The monoisotopic (exact) mass is 205 g/mol. The predicted molar refractivity (Wildman–Crippen MR) is 67.0 cm³/mol. The second-order valence-electron chi connectivity index (χ2n) is 4.26. The molecule has 0 bridgehead atoms. The Hall–Kier alpha value is -0.820. The Kier molecular flexibility index (Phi) is 5.41. The van der Waals surface area contributed by atoms with Crippen LogP contribution in [0.15, 0.2) is 24.3 Å². The summed E-state index contributed by atoms with van der Waals surface area (Å²) in [6, 6.07) is 8.89. The average molecular weight is 205 g/mol. The molecule has 0 amide bonds. The van der Waals surface area contributed by atoms with Gasteiger partial charge in [-0.05, 0) is 38.4 Å². The van der Waals surface area contributed by atoms with E-state index < -0.39 is 0 Å². The quantitative estimate of drug-likeness (QED) is 0.685. The van der Waals surface area contributed by atoms with E-state index in [0.717, 1.165) is 6.54 Å². The van der Waals surface area contributed by atoms with Crippen LogP contribution in [0, 0.1) is 6.92 Å². The first kappa shape index (κ1) is 12.3. The molecular formula is C14H23N. The van der Waals surface area contributed by atoms with Gasteiger partial charge in [0.2, 0.25) is 0 Å². The summed E-state index contributed by atoms with van der Waals surface area (Å²) in [6.07, 6.45) is 2.48. The van der Waals surface area contributed by atoms with Crippen LogP contribution in [-0.2, 0) is 6.54 Å². The van der Waals surface area contributed by atoms with Gasteiger partial charge in [-0.1, -0.05) is 43.7 Å². The van der Waals surface area contributed by atoms with Gasteiger partial charge in [-0.15, -0.1) is 0 Å². The fraction of sp³-hybridized carbons (Fsp3) is 0.571. The Morgan fingerprint density at radius 1 is 0.933 bits per heavy atom. The molecule has 1 heteroatoms. The van der Waals surface area contributed by atoms with Crippen molar-refractivity contribution in [2.24, 2.45) is 0 Å². The molecule has 1 aromatic rings. The highest BCUT2D eigenvalue weighted by molar-refractivity contribution is 5.21. The van der Waals surface area contributed by atoms with Crippen molar-refractivity contribution in [3.63, 3.8) is 0 Å². The third kappa shape index (κ3) is 4.48. The Morgan fingerprint density at radius 2 is 1.47 bits per heavy atom. The summed E-state index contributed by atoms with van der Waals surface area (Å²) in [7, 11) is 0. The largest absolute Gasteiger partial charge is 0.299 e. The van der Waals surface area contributed by atoms with Gasteiger partial charge in [0.1, 0.15) is 0 Å². The number of hydrogen-bond donors (Lipinski definition) is 0. The van der Waals surface area contributed by atoms with Crippen molar-refractivity contribution in [1.29, 1.82) is 0 Å². The predicted octanol–water partition coefficient (Wildman–Crippen LogP) is 3.62. The molecule has 0 saturated heterocycles. The van der Waals surface area contributed by atoms with Crippen LogP contribution in [0.2, 0.25) is 0 Å². The van der Waals surface area contributed by atoms with Crippen molar-refractivity contribution >= 4 is 0 Å². The zero-order chi connectivity index (χ0) is 11.1. The van der Waals surface area contributed by atoms with Crippen molar-refractivity contribution in [2.45, 2.75) is 40.2 Å². The molecule has 0 aliphatic heterocycles. The lowest BCUT2D eigenvalue weighted by Crippen LogP contribution is -2.24. The van der Waals surface area contributed by atoms with E-state index in [2.05, 4.69) is 49.9 Å². The lowest BCUT2D eigenvalue weighted by molar-refractivity contribution is 0.266. The van der Waals surface area contributed by atoms with Crippen molar-refractivity contribution in [3.8, 4) is 0 Å². The summed E-state index contributed by atoms with van der Waals surface area (Å²) < 4.78 is 0. The minimum absolute atomic E-state index is 1.10. The van der Waals surface area contributed by atoms with Crippen LogP contribution in [-0.4, -0.2) is 18.0 Å². The van der Waals surface area contributed by atoms with Gasteiger partial charge >= 0.3 is 0 Å². The molecule has 0 atom stereocenters. The van der Waals surface area contributed by atoms with E-state index >= 15 is 0 Å². The van der Waals surface area contributed by atoms with Crippen LogP contribution in [0.1, 0.15) is 37.8 Å². The van der Waals surface area contributed by atoms with Gasteiger partial charge in [0.25, 0.3) is 0 Å². The topological polar surface area (TPSA) is 3.24 Å². The van der Waals surface area contributed by atoms with E-state index in [9.17, 15) is 0 Å². The maximum atomic E-state index is 2.53. The van der Waals surface area contributed by atoms with E-state index in [1.165, 1.54) is 37.1 Å². The maximum absolute atomic E-state index is 2.53. The van der Waals surface area contributed by atoms with Gasteiger partial charge < -0.3 is 0 Å². The molecule has 84 valence electrons. The number of rotatable bonds is 6. The minimum Gasteiger partial charge on any atom is -0.299 e. The normalized spacial score (nSPS) is 10.9. The highest BCUT2D eigenvalue weighted by Crippen LogP contribution is 2.07. The zero-order valence-corrected chi connectivity index (χ0v) is 10.3. The van der Waals surface area contributed by atoms with E-state index in [4.69, 9.17) is 0 Å². The van der Waals surface area contributed by atoms with E-state index in [0.29, 0.717) is 0 Å². The number of nitrogens with zero attached hydrogens (tertiary/aromatic N) is 1. The van der Waals surface area contributed by atoms with Crippen LogP contribution >= 0.6 is 0 Å². The van der Waals surface area contributed by atoms with Crippen molar-refractivity contribution in [2.75, 3.05) is 13.1 Å². The molecule has 0 aliphatic carbocycles. The smallest absolute Gasteiger partial charge is 0.0233 e. The van der Waals surface area contributed by atoms with Gasteiger partial charge in [-0.3, -0.25) is 4.90 Å². The van der Waals surface area contributed by atoms with Crippen LogP contribution in [0.25, 0.3) is 0 Å². The van der Waals surface area contributed by atoms with Crippen molar-refractivity contribution < 1.29 is 0 Å². The van der Waals surface area contributed by atoms with Gasteiger partial charge in [0.05, 0.1) is 0 Å². The summed E-state index contributed by atoms with van der Waals surface area (Å²) in [5.74, 6) is 0. The molecule has 0 aliphatic rings. The summed E-state index contributed by atoms with van der Waals surface area (Å²) >= 11 is 0. The van der Waals surface area contributed by atoms with Crippen LogP contribution in [0.5, 0.6) is 0 Å². The highest BCUT2D eigenvalue weighted by atomic mass is 15.1. The second-order valence-corrected chi connectivity index (χ2v) is 4.26. The molecule has 0 saturated carbocycles. The molecule has 0 unspecified atom stereocenters. The van der Waals surface area contributed by atoms with Crippen LogP contribution in [0.3, 0.4) is 0 Å². The lowest BCUT2D eigenvalue weighted by Gasteiger charge is -2.20. The average Bonchev–Trinajstić information content (AvgIpc) is 2.22. The fourth-order valence-electron chi connectivity index (χ4n) is 1.85. The van der Waals surface area contributed by atoms with Crippen molar-refractivity contribution in [3.05, 3.63) is 35.4 Å². The van der Waals surface area contributed by atoms with E-state index in [1.54, 1.807) is 0 Å². The SMILES string of the molecule is CCCN(CCC)Cc1ccc(C)cc1.